The van der Waals surface area contributed by atoms with E-state index in [0.29, 0.717) is 0 Å². The van der Waals surface area contributed by atoms with Crippen LogP contribution in [0.1, 0.15) is 51.9 Å². The van der Waals surface area contributed by atoms with Crippen LogP contribution in [0.15, 0.2) is 25.0 Å². The zero-order chi connectivity index (χ0) is 10.5. The summed E-state index contributed by atoms with van der Waals surface area (Å²) in [7, 11) is 0. The summed E-state index contributed by atoms with van der Waals surface area (Å²) in [6.45, 7) is 6.52. The van der Waals surface area contributed by atoms with Crippen LogP contribution in [0.2, 0.25) is 0 Å². The quantitative estimate of drug-likeness (QED) is 0.285. The molecule has 0 aliphatic rings. The smallest absolute Gasteiger partial charge is 0.0873 e. The molecule has 0 unspecified atom stereocenters. The van der Waals surface area contributed by atoms with Crippen molar-refractivity contribution in [3.63, 3.8) is 0 Å². The molecule has 0 radical (unpaired) electrons. The van der Waals surface area contributed by atoms with Crippen molar-refractivity contribution < 1.29 is 4.74 Å². The molecule has 82 valence electrons. The van der Waals surface area contributed by atoms with Gasteiger partial charge in [0.25, 0.3) is 0 Å². The number of unbranched alkanes of at least 4 members (excludes halogenated alkanes) is 5. The largest absolute Gasteiger partial charge is 0.502 e. The molecule has 1 nitrogen and oxygen atoms in total. The topological polar surface area (TPSA) is 9.23 Å². The van der Waals surface area contributed by atoms with Crippen LogP contribution in [-0.4, -0.2) is 6.61 Å². The van der Waals surface area contributed by atoms with Crippen LogP contribution in [0.5, 0.6) is 0 Å². The molecule has 0 saturated carbocycles. The van der Waals surface area contributed by atoms with Gasteiger partial charge in [0.2, 0.25) is 0 Å². The van der Waals surface area contributed by atoms with Crippen molar-refractivity contribution in [1.82, 2.24) is 0 Å². The molecular formula is C13H24O. The molecule has 0 spiro atoms. The first kappa shape index (κ1) is 13.3. The minimum absolute atomic E-state index is 0.833. The van der Waals surface area contributed by atoms with E-state index in [9.17, 15) is 0 Å². The molecule has 0 atom stereocenters. The van der Waals surface area contributed by atoms with E-state index in [2.05, 4.69) is 25.7 Å². The van der Waals surface area contributed by atoms with E-state index in [4.69, 9.17) is 4.74 Å². The predicted octanol–water partition coefficient (Wildman–Crippen LogP) is 4.45. The minimum Gasteiger partial charge on any atom is -0.502 e. The van der Waals surface area contributed by atoms with Crippen molar-refractivity contribution in [2.45, 2.75) is 51.9 Å². The molecule has 0 aromatic carbocycles. The number of allylic oxidation sites excluding steroid dienone is 2. The van der Waals surface area contributed by atoms with Gasteiger partial charge in [0.15, 0.2) is 0 Å². The lowest BCUT2D eigenvalue weighted by molar-refractivity contribution is 0.241. The molecule has 0 heterocycles. The summed E-state index contributed by atoms with van der Waals surface area (Å²) in [6.07, 6.45) is 14.9. The summed E-state index contributed by atoms with van der Waals surface area (Å²) in [5.74, 6) is 0. The fraction of sp³-hybridized carbons (Fsp3) is 0.692. The lowest BCUT2D eigenvalue weighted by atomic mass is 10.1. The highest BCUT2D eigenvalue weighted by atomic mass is 16.5. The Labute approximate surface area is 88.9 Å². The van der Waals surface area contributed by atoms with E-state index < -0.39 is 0 Å². The van der Waals surface area contributed by atoms with Gasteiger partial charge in [0.05, 0.1) is 12.9 Å². The van der Waals surface area contributed by atoms with E-state index in [0.717, 1.165) is 13.0 Å². The molecule has 0 amide bonds. The molecule has 0 fully saturated rings. The molecule has 0 aliphatic heterocycles. The number of hydrogen-bond acceptors (Lipinski definition) is 1. The second-order valence-corrected chi connectivity index (χ2v) is 3.47. The molecule has 0 saturated heterocycles. The molecule has 0 bridgehead atoms. The van der Waals surface area contributed by atoms with Gasteiger partial charge in [0.1, 0.15) is 0 Å². The van der Waals surface area contributed by atoms with Crippen molar-refractivity contribution in [2.24, 2.45) is 0 Å². The molecule has 0 aromatic heterocycles. The number of hydrogen-bond donors (Lipinski definition) is 0. The Bertz CT molecular complexity index is 138. The maximum Gasteiger partial charge on any atom is 0.0873 e. The molecule has 0 aliphatic carbocycles. The van der Waals surface area contributed by atoms with Crippen LogP contribution < -0.4 is 0 Å². The van der Waals surface area contributed by atoms with Gasteiger partial charge in [-0.2, -0.15) is 0 Å². The summed E-state index contributed by atoms with van der Waals surface area (Å²) >= 11 is 0. The zero-order valence-electron chi connectivity index (χ0n) is 9.50. The van der Waals surface area contributed by atoms with Crippen molar-refractivity contribution in [1.29, 1.82) is 0 Å². The Balaban J connectivity index is 2.91. The van der Waals surface area contributed by atoms with Gasteiger partial charge in [-0.05, 0) is 25.7 Å². The summed E-state index contributed by atoms with van der Waals surface area (Å²) in [6, 6.07) is 0. The first-order valence-electron chi connectivity index (χ1n) is 5.79. The van der Waals surface area contributed by atoms with Crippen LogP contribution >= 0.6 is 0 Å². The minimum atomic E-state index is 0.833. The van der Waals surface area contributed by atoms with Gasteiger partial charge in [-0.3, -0.25) is 0 Å². The van der Waals surface area contributed by atoms with Crippen LogP contribution in [0.4, 0.5) is 0 Å². The van der Waals surface area contributed by atoms with E-state index in [-0.39, 0.29) is 0 Å². The predicted molar refractivity (Wildman–Crippen MR) is 63.3 cm³/mol. The van der Waals surface area contributed by atoms with Crippen LogP contribution in [0.3, 0.4) is 0 Å². The monoisotopic (exact) mass is 196 g/mol. The van der Waals surface area contributed by atoms with Crippen molar-refractivity contribution in [3.8, 4) is 0 Å². The second-order valence-electron chi connectivity index (χ2n) is 3.47. The Morgan fingerprint density at radius 2 is 1.71 bits per heavy atom. The normalized spacial score (nSPS) is 10.6. The summed E-state index contributed by atoms with van der Waals surface area (Å²) in [4.78, 5) is 0. The third-order valence-electron chi connectivity index (χ3n) is 2.15. The van der Waals surface area contributed by atoms with Crippen molar-refractivity contribution in [2.75, 3.05) is 6.61 Å². The molecule has 14 heavy (non-hydrogen) atoms. The summed E-state index contributed by atoms with van der Waals surface area (Å²) in [5, 5.41) is 0. The first-order chi connectivity index (χ1) is 6.91. The van der Waals surface area contributed by atoms with Crippen molar-refractivity contribution in [3.05, 3.63) is 25.0 Å². The van der Waals surface area contributed by atoms with Gasteiger partial charge < -0.3 is 4.74 Å². The van der Waals surface area contributed by atoms with Crippen molar-refractivity contribution >= 4 is 0 Å². The van der Waals surface area contributed by atoms with Crippen LogP contribution in [0, 0.1) is 0 Å². The second kappa shape index (κ2) is 12.3. The highest BCUT2D eigenvalue weighted by molar-refractivity contribution is 4.79. The Morgan fingerprint density at radius 1 is 1.00 bits per heavy atom. The third kappa shape index (κ3) is 11.3. The highest BCUT2D eigenvalue weighted by Crippen LogP contribution is 2.06. The molecule has 0 N–H and O–H groups in total. The third-order valence-corrected chi connectivity index (χ3v) is 2.15. The molecule has 0 aromatic rings. The molecular weight excluding hydrogens is 172 g/mol. The standard InChI is InChI=1S/C13H24O/c1-3-5-6-7-8-9-10-11-12-13-14-4-2/h4-6H,2-3,7-13H2,1H3. The van der Waals surface area contributed by atoms with Gasteiger partial charge in [-0.1, -0.05) is 44.9 Å². The maximum atomic E-state index is 5.05. The van der Waals surface area contributed by atoms with Gasteiger partial charge >= 0.3 is 0 Å². The van der Waals surface area contributed by atoms with Crippen LogP contribution in [0.25, 0.3) is 0 Å². The number of rotatable bonds is 10. The molecule has 0 rings (SSSR count). The van der Waals surface area contributed by atoms with E-state index in [1.165, 1.54) is 44.8 Å². The molecule has 1 heteroatoms. The average molecular weight is 196 g/mol. The SMILES string of the molecule is C=COCCCCCCCC=CCC. The summed E-state index contributed by atoms with van der Waals surface area (Å²) in [5.41, 5.74) is 0. The van der Waals surface area contributed by atoms with E-state index in [1.807, 2.05) is 0 Å². The fourth-order valence-electron chi connectivity index (χ4n) is 1.35. The maximum absolute atomic E-state index is 5.05. The van der Waals surface area contributed by atoms with Crippen LogP contribution in [-0.2, 0) is 4.74 Å². The van der Waals surface area contributed by atoms with E-state index >= 15 is 0 Å². The Morgan fingerprint density at radius 3 is 2.43 bits per heavy atom. The Kier molecular flexibility index (Phi) is 11.6. The summed E-state index contributed by atoms with van der Waals surface area (Å²) < 4.78 is 5.05. The van der Waals surface area contributed by atoms with E-state index in [1.54, 1.807) is 0 Å². The lowest BCUT2D eigenvalue weighted by Crippen LogP contribution is -1.87. The van der Waals surface area contributed by atoms with Gasteiger partial charge in [-0.25, -0.2) is 0 Å². The zero-order valence-corrected chi connectivity index (χ0v) is 9.50. The lowest BCUT2D eigenvalue weighted by Gasteiger charge is -2.00. The Hall–Kier alpha value is -0.720. The highest BCUT2D eigenvalue weighted by Gasteiger charge is 1.89. The van der Waals surface area contributed by atoms with Gasteiger partial charge in [0, 0.05) is 0 Å². The average Bonchev–Trinajstić information content (AvgIpc) is 2.21. The fourth-order valence-corrected chi connectivity index (χ4v) is 1.35. The number of ether oxygens (including phenoxy) is 1. The van der Waals surface area contributed by atoms with Gasteiger partial charge in [-0.15, -0.1) is 0 Å². The first-order valence-corrected chi connectivity index (χ1v) is 5.79.